The molecule has 2 unspecified atom stereocenters. The Labute approximate surface area is 231 Å². The van der Waals surface area contributed by atoms with Gasteiger partial charge in [-0.3, -0.25) is 14.7 Å². The molecule has 2 aromatic carbocycles. The van der Waals surface area contributed by atoms with E-state index in [1.165, 1.54) is 47.8 Å². The molecule has 7 heteroatoms. The normalized spacial score (nSPS) is 24.8. The number of aliphatic imine (C=N–C) groups is 1. The second-order valence-corrected chi connectivity index (χ2v) is 11.8. The zero-order valence-electron chi connectivity index (χ0n) is 23.8. The van der Waals surface area contributed by atoms with Crippen LogP contribution >= 0.6 is 0 Å². The van der Waals surface area contributed by atoms with Crippen LogP contribution in [0.15, 0.2) is 35.3 Å². The molecule has 4 aliphatic rings. The summed E-state index contributed by atoms with van der Waals surface area (Å²) in [5.74, 6) is -0.0281. The van der Waals surface area contributed by atoms with Gasteiger partial charge in [0.05, 0.1) is 18.8 Å². The summed E-state index contributed by atoms with van der Waals surface area (Å²) in [4.78, 5) is 35.3. The summed E-state index contributed by atoms with van der Waals surface area (Å²) in [7, 11) is 3.61. The molecule has 1 N–H and O–H groups in total. The van der Waals surface area contributed by atoms with Crippen molar-refractivity contribution in [2.24, 2.45) is 10.9 Å². The van der Waals surface area contributed by atoms with Gasteiger partial charge in [0.1, 0.15) is 6.04 Å². The number of aryl methyl sites for hydroxylation is 1. The zero-order chi connectivity index (χ0) is 27.4. The monoisotopic (exact) mass is 528 g/mol. The van der Waals surface area contributed by atoms with Crippen LogP contribution in [-0.4, -0.2) is 60.3 Å². The lowest BCUT2D eigenvalue weighted by Gasteiger charge is -2.31. The summed E-state index contributed by atoms with van der Waals surface area (Å²) < 4.78 is 4.81. The number of nitrogens with zero attached hydrogens (tertiary/aromatic N) is 3. The van der Waals surface area contributed by atoms with Gasteiger partial charge >= 0.3 is 6.09 Å². The van der Waals surface area contributed by atoms with Gasteiger partial charge in [0.15, 0.2) is 0 Å². The van der Waals surface area contributed by atoms with E-state index in [0.717, 1.165) is 37.1 Å². The number of carbonyl (C=O) groups excluding carboxylic acids is 2. The highest BCUT2D eigenvalue weighted by molar-refractivity contribution is 6.01. The fourth-order valence-corrected chi connectivity index (χ4v) is 7.44. The largest absolute Gasteiger partial charge is 0.453 e. The van der Waals surface area contributed by atoms with Gasteiger partial charge in [0.2, 0.25) is 5.91 Å². The van der Waals surface area contributed by atoms with E-state index in [0.29, 0.717) is 18.6 Å². The van der Waals surface area contributed by atoms with E-state index in [4.69, 9.17) is 9.73 Å². The van der Waals surface area contributed by atoms with Gasteiger partial charge in [-0.25, -0.2) is 4.79 Å². The van der Waals surface area contributed by atoms with Crippen molar-refractivity contribution in [3.63, 3.8) is 0 Å². The fourth-order valence-electron chi connectivity index (χ4n) is 7.44. The molecule has 5 atom stereocenters. The number of amides is 2. The number of benzene rings is 2. The molecule has 0 aromatic heterocycles. The standard InChI is InChI=1S/C32H40N4O3/c1-6-18(2)30(34-32(38)39-5)31(37)36-15-7-8-25(36)24-17-21-16-20(10-12-23(21)33-24)22-11-9-19(3)28-26-13-14-27(29(22)28)35(26)4/h9-12,16,18,25-27,30H,6-8,13-15,17H2,1-5H3,(H,34,38)/t18-,25-,26?,27?,30-/m0/s1. The average molecular weight is 529 g/mol. The number of likely N-dealkylation sites (tertiary alicyclic amines) is 1. The van der Waals surface area contributed by atoms with Gasteiger partial charge in [-0.15, -0.1) is 0 Å². The van der Waals surface area contributed by atoms with Crippen LogP contribution in [0.1, 0.15) is 80.3 Å². The summed E-state index contributed by atoms with van der Waals surface area (Å²) >= 11 is 0. The highest BCUT2D eigenvalue weighted by atomic mass is 16.5. The maximum atomic E-state index is 13.7. The Balaban J connectivity index is 1.24. The second kappa shape index (κ2) is 10.1. The maximum Gasteiger partial charge on any atom is 0.407 e. The number of rotatable bonds is 6. The smallest absolute Gasteiger partial charge is 0.407 e. The number of alkyl carbamates (subject to hydrolysis) is 1. The van der Waals surface area contributed by atoms with Crippen LogP contribution in [0.5, 0.6) is 0 Å². The van der Waals surface area contributed by atoms with Crippen molar-refractivity contribution in [2.75, 3.05) is 20.7 Å². The lowest BCUT2D eigenvalue weighted by molar-refractivity contribution is -0.134. The SMILES string of the molecule is CC[C@H](C)[C@H](NC(=O)OC)C(=O)N1CCC[C@H]1C1=Nc2ccc(-c3ccc(C)c4c3C3CCC4N3C)cc2C1. The van der Waals surface area contributed by atoms with Crippen molar-refractivity contribution < 1.29 is 14.3 Å². The first-order valence-corrected chi connectivity index (χ1v) is 14.5. The Morgan fingerprint density at radius 3 is 2.62 bits per heavy atom. The summed E-state index contributed by atoms with van der Waals surface area (Å²) in [6.45, 7) is 6.97. The van der Waals surface area contributed by atoms with E-state index < -0.39 is 12.1 Å². The number of hydrogen-bond donors (Lipinski definition) is 1. The third-order valence-corrected chi connectivity index (χ3v) is 9.75. The summed E-state index contributed by atoms with van der Waals surface area (Å²) in [6, 6.07) is 11.7. The molecule has 6 rings (SSSR count). The third kappa shape index (κ3) is 4.26. The molecule has 2 fully saturated rings. The minimum Gasteiger partial charge on any atom is -0.453 e. The van der Waals surface area contributed by atoms with E-state index in [1.54, 1.807) is 5.56 Å². The number of hydrogen-bond acceptors (Lipinski definition) is 5. The fraction of sp³-hybridized carbons (Fsp3) is 0.531. The van der Waals surface area contributed by atoms with Gasteiger partial charge in [-0.1, -0.05) is 38.5 Å². The molecule has 39 heavy (non-hydrogen) atoms. The molecular formula is C32H40N4O3. The molecule has 0 saturated carbocycles. The number of fused-ring (bicyclic) bond motifs is 6. The zero-order valence-corrected chi connectivity index (χ0v) is 23.8. The topological polar surface area (TPSA) is 74.2 Å². The van der Waals surface area contributed by atoms with Crippen molar-refractivity contribution >= 4 is 23.4 Å². The molecule has 4 heterocycles. The van der Waals surface area contributed by atoms with Crippen LogP contribution in [0.4, 0.5) is 10.5 Å². The van der Waals surface area contributed by atoms with E-state index in [9.17, 15) is 9.59 Å². The molecule has 206 valence electrons. The number of nitrogens with one attached hydrogen (secondary N) is 1. The van der Waals surface area contributed by atoms with E-state index in [-0.39, 0.29) is 17.9 Å². The van der Waals surface area contributed by atoms with Gasteiger partial charge in [0.25, 0.3) is 0 Å². The minimum atomic E-state index is -0.601. The Morgan fingerprint density at radius 1 is 1.10 bits per heavy atom. The lowest BCUT2D eigenvalue weighted by Crippen LogP contribution is -2.54. The number of methoxy groups -OCH3 is 1. The molecule has 4 aliphatic heterocycles. The van der Waals surface area contributed by atoms with E-state index in [2.05, 4.69) is 54.5 Å². The lowest BCUT2D eigenvalue weighted by atomic mass is 9.83. The number of carbonyl (C=O) groups is 2. The maximum absolute atomic E-state index is 13.7. The quantitative estimate of drug-likeness (QED) is 0.509. The van der Waals surface area contributed by atoms with Gasteiger partial charge in [-0.2, -0.15) is 0 Å². The van der Waals surface area contributed by atoms with Crippen LogP contribution in [0.25, 0.3) is 11.1 Å². The molecule has 0 spiro atoms. The Bertz CT molecular complexity index is 1350. The summed E-state index contributed by atoms with van der Waals surface area (Å²) in [5.41, 5.74) is 10.4. The third-order valence-electron chi connectivity index (χ3n) is 9.75. The molecule has 2 aromatic rings. The van der Waals surface area contributed by atoms with Gasteiger partial charge < -0.3 is 15.0 Å². The first kappa shape index (κ1) is 26.1. The van der Waals surface area contributed by atoms with Crippen molar-refractivity contribution in [2.45, 2.75) is 83.5 Å². The van der Waals surface area contributed by atoms with Gasteiger partial charge in [0, 0.05) is 30.8 Å². The predicted molar refractivity (Wildman–Crippen MR) is 153 cm³/mol. The average Bonchev–Trinajstić information content (AvgIpc) is 3.73. The molecule has 2 saturated heterocycles. The Morgan fingerprint density at radius 2 is 1.87 bits per heavy atom. The molecule has 2 amide bonds. The van der Waals surface area contributed by atoms with E-state index in [1.807, 2.05) is 18.7 Å². The molecule has 7 nitrogen and oxygen atoms in total. The van der Waals surface area contributed by atoms with Crippen LogP contribution in [0.2, 0.25) is 0 Å². The highest BCUT2D eigenvalue weighted by Gasteiger charge is 2.44. The molecular weight excluding hydrogens is 488 g/mol. The van der Waals surface area contributed by atoms with Crippen LogP contribution in [-0.2, 0) is 16.0 Å². The predicted octanol–water partition coefficient (Wildman–Crippen LogP) is 5.87. The van der Waals surface area contributed by atoms with Crippen LogP contribution in [0, 0.1) is 12.8 Å². The summed E-state index contributed by atoms with van der Waals surface area (Å²) in [6.07, 6.45) is 5.31. The van der Waals surface area contributed by atoms with Crippen molar-refractivity contribution in [3.05, 3.63) is 52.6 Å². The Hall–Kier alpha value is -3.19. The first-order chi connectivity index (χ1) is 18.8. The van der Waals surface area contributed by atoms with Crippen LogP contribution < -0.4 is 5.32 Å². The molecule has 2 bridgehead atoms. The van der Waals surface area contributed by atoms with Gasteiger partial charge in [-0.05, 0) is 91.1 Å². The summed E-state index contributed by atoms with van der Waals surface area (Å²) in [5, 5.41) is 2.79. The minimum absolute atomic E-state index is 0.00803. The van der Waals surface area contributed by atoms with Crippen LogP contribution in [0.3, 0.4) is 0 Å². The van der Waals surface area contributed by atoms with Crippen molar-refractivity contribution in [1.29, 1.82) is 0 Å². The first-order valence-electron chi connectivity index (χ1n) is 14.5. The highest BCUT2D eigenvalue weighted by Crippen LogP contribution is 2.55. The van der Waals surface area contributed by atoms with Crippen molar-refractivity contribution in [1.82, 2.24) is 15.1 Å². The molecule has 0 aliphatic carbocycles. The second-order valence-electron chi connectivity index (χ2n) is 11.8. The Kier molecular flexibility index (Phi) is 6.74. The number of ether oxygens (including phenoxy) is 1. The molecule has 0 radical (unpaired) electrons. The van der Waals surface area contributed by atoms with E-state index >= 15 is 0 Å². The van der Waals surface area contributed by atoms with Crippen molar-refractivity contribution in [3.8, 4) is 11.1 Å².